The fourth-order valence-corrected chi connectivity index (χ4v) is 3.81. The van der Waals surface area contributed by atoms with Crippen molar-refractivity contribution in [2.24, 2.45) is 5.92 Å². The fourth-order valence-electron chi connectivity index (χ4n) is 3.81. The third kappa shape index (κ3) is 3.71. The molecule has 3 nitrogen and oxygen atoms in total. The molecule has 5 atom stereocenters. The maximum atomic E-state index is 5.62. The summed E-state index contributed by atoms with van der Waals surface area (Å²) in [7, 11) is 1.87. The van der Waals surface area contributed by atoms with E-state index in [1.54, 1.807) is 0 Å². The molecule has 1 saturated carbocycles. The van der Waals surface area contributed by atoms with Gasteiger partial charge in [0.15, 0.2) is 0 Å². The van der Waals surface area contributed by atoms with Gasteiger partial charge in [-0.2, -0.15) is 0 Å². The molecule has 2 fully saturated rings. The van der Waals surface area contributed by atoms with Gasteiger partial charge in [0.1, 0.15) is 0 Å². The van der Waals surface area contributed by atoms with Gasteiger partial charge < -0.3 is 10.1 Å². The van der Waals surface area contributed by atoms with Crippen LogP contribution in [0.25, 0.3) is 0 Å². The number of nitrogens with one attached hydrogen (secondary N) is 1. The fraction of sp³-hybridized carbons (Fsp3) is 1.00. The van der Waals surface area contributed by atoms with Crippen LogP contribution >= 0.6 is 0 Å². The number of methoxy groups -OCH3 is 1. The largest absolute Gasteiger partial charge is 0.381 e. The molecule has 0 aromatic carbocycles. The average Bonchev–Trinajstić information content (AvgIpc) is 2.46. The molecular weight excluding hydrogens is 236 g/mol. The molecule has 0 amide bonds. The van der Waals surface area contributed by atoms with Crippen molar-refractivity contribution in [3.05, 3.63) is 0 Å². The minimum absolute atomic E-state index is 0.488. The van der Waals surface area contributed by atoms with Gasteiger partial charge in [0, 0.05) is 38.3 Å². The minimum atomic E-state index is 0.488. The van der Waals surface area contributed by atoms with Crippen molar-refractivity contribution in [3.8, 4) is 0 Å². The summed E-state index contributed by atoms with van der Waals surface area (Å²) in [6, 6.07) is 2.08. The summed E-state index contributed by atoms with van der Waals surface area (Å²) < 4.78 is 5.62. The second-order valence-corrected chi connectivity index (χ2v) is 6.64. The van der Waals surface area contributed by atoms with Crippen LogP contribution in [0, 0.1) is 5.92 Å². The smallest absolute Gasteiger partial charge is 0.0586 e. The first-order valence-corrected chi connectivity index (χ1v) is 8.17. The maximum Gasteiger partial charge on any atom is 0.0586 e. The van der Waals surface area contributed by atoms with Crippen molar-refractivity contribution in [3.63, 3.8) is 0 Å². The summed E-state index contributed by atoms with van der Waals surface area (Å²) in [6.07, 6.45) is 6.94. The van der Waals surface area contributed by atoms with Crippen LogP contribution in [-0.4, -0.2) is 49.3 Å². The molecule has 19 heavy (non-hydrogen) atoms. The molecular formula is C16H32N2O. The first-order chi connectivity index (χ1) is 9.15. The summed E-state index contributed by atoms with van der Waals surface area (Å²) in [5.41, 5.74) is 0. The second kappa shape index (κ2) is 7.05. The number of nitrogens with zero attached hydrogens (tertiary/aromatic N) is 1. The Morgan fingerprint density at radius 1 is 1.37 bits per heavy atom. The lowest BCUT2D eigenvalue weighted by Crippen LogP contribution is -2.61. The SMILES string of the molecule is CCC(C)C1CNC(C)CN1C1CCCC(OC)C1. The first kappa shape index (κ1) is 15.3. The molecule has 1 saturated heterocycles. The number of hydrogen-bond acceptors (Lipinski definition) is 3. The van der Waals surface area contributed by atoms with Crippen LogP contribution in [-0.2, 0) is 4.74 Å². The Morgan fingerprint density at radius 3 is 2.84 bits per heavy atom. The van der Waals surface area contributed by atoms with E-state index in [2.05, 4.69) is 31.0 Å². The van der Waals surface area contributed by atoms with Crippen molar-refractivity contribution in [1.29, 1.82) is 0 Å². The van der Waals surface area contributed by atoms with Gasteiger partial charge in [-0.15, -0.1) is 0 Å². The van der Waals surface area contributed by atoms with Crippen molar-refractivity contribution in [1.82, 2.24) is 10.2 Å². The molecule has 0 aromatic rings. The Bertz CT molecular complexity index is 271. The molecule has 112 valence electrons. The Labute approximate surface area is 119 Å². The minimum Gasteiger partial charge on any atom is -0.381 e. The van der Waals surface area contributed by atoms with E-state index in [-0.39, 0.29) is 0 Å². The Kier molecular flexibility index (Phi) is 5.67. The molecule has 2 rings (SSSR count). The van der Waals surface area contributed by atoms with E-state index >= 15 is 0 Å². The highest BCUT2D eigenvalue weighted by Crippen LogP contribution is 2.30. The number of ether oxygens (including phenoxy) is 1. The molecule has 2 aliphatic rings. The average molecular weight is 268 g/mol. The van der Waals surface area contributed by atoms with Gasteiger partial charge in [0.2, 0.25) is 0 Å². The van der Waals surface area contributed by atoms with Crippen LogP contribution in [0.1, 0.15) is 52.9 Å². The molecule has 0 bridgehead atoms. The van der Waals surface area contributed by atoms with Crippen molar-refractivity contribution < 1.29 is 4.74 Å². The molecule has 0 radical (unpaired) electrons. The highest BCUT2D eigenvalue weighted by molar-refractivity contribution is 4.92. The highest BCUT2D eigenvalue weighted by Gasteiger charge is 2.36. The van der Waals surface area contributed by atoms with E-state index in [4.69, 9.17) is 4.74 Å². The van der Waals surface area contributed by atoms with E-state index in [1.807, 2.05) is 7.11 Å². The normalized spacial score (nSPS) is 39.2. The van der Waals surface area contributed by atoms with Crippen LogP contribution in [0.3, 0.4) is 0 Å². The Hall–Kier alpha value is -0.120. The zero-order chi connectivity index (χ0) is 13.8. The van der Waals surface area contributed by atoms with E-state index in [0.29, 0.717) is 18.2 Å². The highest BCUT2D eigenvalue weighted by atomic mass is 16.5. The van der Waals surface area contributed by atoms with Crippen LogP contribution in [0.2, 0.25) is 0 Å². The quantitative estimate of drug-likeness (QED) is 0.848. The summed E-state index contributed by atoms with van der Waals surface area (Å²) in [6.45, 7) is 9.41. The zero-order valence-electron chi connectivity index (χ0n) is 13.2. The molecule has 1 aliphatic carbocycles. The van der Waals surface area contributed by atoms with Crippen LogP contribution in [0.4, 0.5) is 0 Å². The summed E-state index contributed by atoms with van der Waals surface area (Å²) in [5.74, 6) is 0.780. The lowest BCUT2D eigenvalue weighted by Gasteiger charge is -2.48. The van der Waals surface area contributed by atoms with Crippen LogP contribution < -0.4 is 5.32 Å². The monoisotopic (exact) mass is 268 g/mol. The molecule has 1 heterocycles. The van der Waals surface area contributed by atoms with Crippen molar-refractivity contribution in [2.75, 3.05) is 20.2 Å². The molecule has 1 N–H and O–H groups in total. The summed E-state index contributed by atoms with van der Waals surface area (Å²) in [4.78, 5) is 2.81. The predicted octanol–water partition coefficient (Wildman–Crippen LogP) is 2.65. The number of piperazine rings is 1. The lowest BCUT2D eigenvalue weighted by atomic mass is 9.87. The topological polar surface area (TPSA) is 24.5 Å². The van der Waals surface area contributed by atoms with Gasteiger partial charge in [0.25, 0.3) is 0 Å². The van der Waals surface area contributed by atoms with Crippen LogP contribution in [0.5, 0.6) is 0 Å². The van der Waals surface area contributed by atoms with Gasteiger partial charge in [-0.1, -0.05) is 20.3 Å². The standard InChI is InChI=1S/C16H32N2O/c1-5-12(2)16-10-17-13(3)11-18(16)14-7-6-8-15(9-14)19-4/h12-17H,5-11H2,1-4H3. The molecule has 1 aliphatic heterocycles. The number of rotatable bonds is 4. The van der Waals surface area contributed by atoms with Gasteiger partial charge in [-0.3, -0.25) is 4.90 Å². The van der Waals surface area contributed by atoms with Gasteiger partial charge in [0.05, 0.1) is 6.10 Å². The Balaban J connectivity index is 2.03. The van der Waals surface area contributed by atoms with Gasteiger partial charge in [-0.25, -0.2) is 0 Å². The van der Waals surface area contributed by atoms with E-state index in [0.717, 1.165) is 18.5 Å². The predicted molar refractivity (Wildman–Crippen MR) is 80.5 cm³/mol. The molecule has 5 unspecified atom stereocenters. The van der Waals surface area contributed by atoms with E-state index in [1.165, 1.54) is 38.6 Å². The molecule has 3 heteroatoms. The summed E-state index contributed by atoms with van der Waals surface area (Å²) in [5, 5.41) is 3.67. The maximum absolute atomic E-state index is 5.62. The van der Waals surface area contributed by atoms with Gasteiger partial charge in [-0.05, 0) is 38.5 Å². The second-order valence-electron chi connectivity index (χ2n) is 6.64. The third-order valence-corrected chi connectivity index (χ3v) is 5.29. The zero-order valence-corrected chi connectivity index (χ0v) is 13.2. The Morgan fingerprint density at radius 2 is 2.16 bits per heavy atom. The van der Waals surface area contributed by atoms with Crippen molar-refractivity contribution >= 4 is 0 Å². The molecule has 0 spiro atoms. The number of hydrogen-bond donors (Lipinski definition) is 1. The van der Waals surface area contributed by atoms with Crippen molar-refractivity contribution in [2.45, 2.75) is 77.1 Å². The first-order valence-electron chi connectivity index (χ1n) is 8.17. The molecule has 0 aromatic heterocycles. The lowest BCUT2D eigenvalue weighted by molar-refractivity contribution is -0.0107. The third-order valence-electron chi connectivity index (χ3n) is 5.29. The van der Waals surface area contributed by atoms with Crippen LogP contribution in [0.15, 0.2) is 0 Å². The summed E-state index contributed by atoms with van der Waals surface area (Å²) >= 11 is 0. The van der Waals surface area contributed by atoms with E-state index in [9.17, 15) is 0 Å². The van der Waals surface area contributed by atoms with E-state index < -0.39 is 0 Å². The van der Waals surface area contributed by atoms with Gasteiger partial charge >= 0.3 is 0 Å².